The van der Waals surface area contributed by atoms with Gasteiger partial charge in [-0.25, -0.2) is 4.98 Å². The third kappa shape index (κ3) is 4.93. The number of ether oxygens (including phenoxy) is 3. The molecule has 0 aliphatic carbocycles. The Kier molecular flexibility index (Phi) is 7.88. The Balaban J connectivity index is 2.05. The molecule has 2 aromatic carbocycles. The van der Waals surface area contributed by atoms with Crippen LogP contribution in [0.1, 0.15) is 29.2 Å². The molecule has 8 heteroatoms. The van der Waals surface area contributed by atoms with Crippen LogP contribution >= 0.6 is 15.9 Å². The highest BCUT2D eigenvalue weighted by Gasteiger charge is 2.46. The second kappa shape index (κ2) is 10.9. The topological polar surface area (TPSA) is 77.2 Å². The number of hydrogen-bond donors (Lipinski definition) is 1. The first kappa shape index (κ1) is 26.0. The van der Waals surface area contributed by atoms with Crippen molar-refractivity contribution in [2.75, 3.05) is 42.0 Å². The Bertz CT molecular complexity index is 1330. The van der Waals surface area contributed by atoms with Crippen LogP contribution in [0.4, 0.5) is 0 Å². The molecule has 0 saturated carbocycles. The maximum Gasteiger partial charge on any atom is 0.217 e. The summed E-state index contributed by atoms with van der Waals surface area (Å²) in [7, 11) is 8.69. The number of fused-ring (bicyclic) bond motifs is 1. The van der Waals surface area contributed by atoms with Gasteiger partial charge in [0.1, 0.15) is 11.4 Å². The molecule has 0 spiro atoms. The number of aromatic nitrogens is 1. The summed E-state index contributed by atoms with van der Waals surface area (Å²) < 4.78 is 24.0. The van der Waals surface area contributed by atoms with E-state index in [-0.39, 0.29) is 0 Å². The molecule has 0 saturated heterocycles. The van der Waals surface area contributed by atoms with E-state index in [1.165, 1.54) is 0 Å². The van der Waals surface area contributed by atoms with Crippen molar-refractivity contribution in [3.05, 3.63) is 82.2 Å². The first-order valence-electron chi connectivity index (χ1n) is 11.6. The van der Waals surface area contributed by atoms with Crippen molar-refractivity contribution in [3.8, 4) is 17.4 Å². The van der Waals surface area contributed by atoms with Crippen molar-refractivity contribution >= 4 is 26.8 Å². The molecule has 4 rings (SSSR count). The summed E-state index contributed by atoms with van der Waals surface area (Å²) in [4.78, 5) is 6.81. The number of hydrogen-bond acceptors (Lipinski definition) is 7. The van der Waals surface area contributed by atoms with Crippen LogP contribution in [-0.2, 0) is 5.60 Å². The zero-order valence-corrected chi connectivity index (χ0v) is 22.7. The molecule has 0 aliphatic rings. The summed E-state index contributed by atoms with van der Waals surface area (Å²) in [5.41, 5.74) is 0.595. The molecule has 2 unspecified atom stereocenters. The number of para-hydroxylation sites is 1. The summed E-state index contributed by atoms with van der Waals surface area (Å²) in [6.45, 7) is 0.600. The minimum Gasteiger partial charge on any atom is -0.493 e. The van der Waals surface area contributed by atoms with Crippen LogP contribution in [0.25, 0.3) is 10.9 Å². The van der Waals surface area contributed by atoms with E-state index in [0.717, 1.165) is 15.4 Å². The van der Waals surface area contributed by atoms with E-state index >= 15 is 0 Å². The number of pyridine rings is 1. The Hall–Kier alpha value is -3.07. The highest BCUT2D eigenvalue weighted by atomic mass is 79.9. The molecular formula is C28H31BrN2O5. The van der Waals surface area contributed by atoms with Crippen molar-refractivity contribution in [1.82, 2.24) is 9.88 Å². The molecule has 2 aromatic heterocycles. The molecule has 0 aliphatic heterocycles. The van der Waals surface area contributed by atoms with Gasteiger partial charge in [0.05, 0.1) is 39.0 Å². The van der Waals surface area contributed by atoms with Gasteiger partial charge in [-0.15, -0.1) is 0 Å². The standard InChI is InChI=1S/C28H31BrN2O5/c1-31(2)14-13-28(32,21-8-6-9-24(33-3)26(21)34-4)25(23-10-7-15-36-23)20-17-18-16-19(29)11-12-22(18)30-27(20)35-5/h6-12,15-17,25,32H,13-14H2,1-5H3. The molecule has 2 heterocycles. The van der Waals surface area contributed by atoms with Gasteiger partial charge >= 0.3 is 0 Å². The fraction of sp³-hybridized carbons (Fsp3) is 0.321. The van der Waals surface area contributed by atoms with Crippen LogP contribution in [0.15, 0.2) is 69.8 Å². The average molecular weight is 555 g/mol. The van der Waals surface area contributed by atoms with E-state index in [2.05, 4.69) is 15.9 Å². The van der Waals surface area contributed by atoms with Crippen LogP contribution in [0.2, 0.25) is 0 Å². The van der Waals surface area contributed by atoms with Crippen LogP contribution < -0.4 is 14.2 Å². The lowest BCUT2D eigenvalue weighted by molar-refractivity contribution is -0.00385. The smallest absolute Gasteiger partial charge is 0.217 e. The lowest BCUT2D eigenvalue weighted by Gasteiger charge is -2.38. The fourth-order valence-corrected chi connectivity index (χ4v) is 5.05. The zero-order chi connectivity index (χ0) is 25.9. The van der Waals surface area contributed by atoms with Gasteiger partial charge in [-0.2, -0.15) is 0 Å². The van der Waals surface area contributed by atoms with Crippen LogP contribution in [-0.4, -0.2) is 57.0 Å². The molecule has 0 fully saturated rings. The summed E-state index contributed by atoms with van der Waals surface area (Å²) >= 11 is 3.56. The Morgan fingerprint density at radius 2 is 1.83 bits per heavy atom. The molecule has 190 valence electrons. The summed E-state index contributed by atoms with van der Waals surface area (Å²) in [5.74, 6) is 1.32. The third-order valence-corrected chi connectivity index (χ3v) is 6.88. The lowest BCUT2D eigenvalue weighted by Crippen LogP contribution is -2.38. The van der Waals surface area contributed by atoms with E-state index in [4.69, 9.17) is 23.6 Å². The number of rotatable bonds is 10. The molecule has 2 atom stereocenters. The van der Waals surface area contributed by atoms with Gasteiger partial charge in [-0.05, 0) is 63.0 Å². The van der Waals surface area contributed by atoms with Crippen molar-refractivity contribution in [2.45, 2.75) is 17.9 Å². The SMILES string of the molecule is COc1cccc(C(O)(CCN(C)C)C(c2ccco2)c2cc3cc(Br)ccc3nc2OC)c1OC. The van der Waals surface area contributed by atoms with Gasteiger partial charge in [0.15, 0.2) is 11.5 Å². The van der Waals surface area contributed by atoms with Crippen LogP contribution in [0, 0.1) is 0 Å². The second-order valence-electron chi connectivity index (χ2n) is 8.89. The van der Waals surface area contributed by atoms with E-state index < -0.39 is 11.5 Å². The maximum atomic E-state index is 12.8. The van der Waals surface area contributed by atoms with E-state index in [0.29, 0.717) is 47.2 Å². The van der Waals surface area contributed by atoms with Gasteiger partial charge in [-0.3, -0.25) is 0 Å². The maximum absolute atomic E-state index is 12.8. The minimum atomic E-state index is -1.48. The predicted octanol–water partition coefficient (Wildman–Crippen LogP) is 5.59. The second-order valence-corrected chi connectivity index (χ2v) is 9.81. The Labute approximate surface area is 219 Å². The van der Waals surface area contributed by atoms with Crippen LogP contribution in [0.3, 0.4) is 0 Å². The highest BCUT2D eigenvalue weighted by molar-refractivity contribution is 9.10. The normalized spacial score (nSPS) is 14.0. The monoisotopic (exact) mass is 554 g/mol. The lowest BCUT2D eigenvalue weighted by atomic mass is 9.73. The molecular weight excluding hydrogens is 524 g/mol. The molecule has 0 radical (unpaired) electrons. The number of nitrogens with zero attached hydrogens (tertiary/aromatic N) is 2. The van der Waals surface area contributed by atoms with Gasteiger partial charge in [0.25, 0.3) is 0 Å². The van der Waals surface area contributed by atoms with Gasteiger partial charge in [0.2, 0.25) is 5.88 Å². The van der Waals surface area contributed by atoms with Gasteiger partial charge in [-0.1, -0.05) is 28.1 Å². The van der Waals surface area contributed by atoms with Crippen molar-refractivity contribution in [2.24, 2.45) is 0 Å². The van der Waals surface area contributed by atoms with Crippen molar-refractivity contribution in [3.63, 3.8) is 0 Å². The van der Waals surface area contributed by atoms with Crippen molar-refractivity contribution in [1.29, 1.82) is 0 Å². The van der Waals surface area contributed by atoms with E-state index in [1.54, 1.807) is 27.6 Å². The number of furan rings is 1. The summed E-state index contributed by atoms with van der Waals surface area (Å²) in [5, 5.41) is 13.7. The number of aliphatic hydroxyl groups is 1. The van der Waals surface area contributed by atoms with E-state index in [1.807, 2.05) is 73.6 Å². The van der Waals surface area contributed by atoms with Gasteiger partial charge < -0.3 is 28.6 Å². The average Bonchev–Trinajstić information content (AvgIpc) is 3.40. The summed E-state index contributed by atoms with van der Waals surface area (Å²) in [6, 6.07) is 17.1. The Morgan fingerprint density at radius 1 is 1.03 bits per heavy atom. The predicted molar refractivity (Wildman–Crippen MR) is 143 cm³/mol. The van der Waals surface area contributed by atoms with E-state index in [9.17, 15) is 5.11 Å². The number of methoxy groups -OCH3 is 3. The molecule has 4 aromatic rings. The first-order valence-corrected chi connectivity index (χ1v) is 12.4. The van der Waals surface area contributed by atoms with Crippen LogP contribution in [0.5, 0.6) is 17.4 Å². The molecule has 0 bridgehead atoms. The molecule has 0 amide bonds. The number of halogens is 1. The first-order chi connectivity index (χ1) is 17.3. The zero-order valence-electron chi connectivity index (χ0n) is 21.1. The third-order valence-electron chi connectivity index (χ3n) is 6.39. The molecule has 36 heavy (non-hydrogen) atoms. The molecule has 1 N–H and O–H groups in total. The molecule has 7 nitrogen and oxygen atoms in total. The van der Waals surface area contributed by atoms with Gasteiger partial charge in [0, 0.05) is 27.5 Å². The van der Waals surface area contributed by atoms with Crippen molar-refractivity contribution < 1.29 is 23.7 Å². The summed E-state index contributed by atoms with van der Waals surface area (Å²) in [6.07, 6.45) is 1.98. The Morgan fingerprint density at radius 3 is 2.47 bits per heavy atom. The minimum absolute atomic E-state index is 0.370. The quantitative estimate of drug-likeness (QED) is 0.274. The highest BCUT2D eigenvalue weighted by Crippen LogP contribution is 2.51. The largest absolute Gasteiger partial charge is 0.493 e. The number of benzene rings is 2. The fourth-order valence-electron chi connectivity index (χ4n) is 4.67.